The molecule has 1 saturated heterocycles. The number of allylic oxidation sites excluding steroid dienone is 1. The third kappa shape index (κ3) is 3.21. The van der Waals surface area contributed by atoms with Crippen LogP contribution in [-0.2, 0) is 14.3 Å². The number of carbonyl (C=O) groups is 2. The van der Waals surface area contributed by atoms with Crippen molar-refractivity contribution in [3.05, 3.63) is 41.1 Å². The van der Waals surface area contributed by atoms with Crippen molar-refractivity contribution >= 4 is 17.7 Å². The summed E-state index contributed by atoms with van der Waals surface area (Å²) in [4.78, 5) is 26.1. The fourth-order valence-electron chi connectivity index (χ4n) is 3.02. The second kappa shape index (κ2) is 6.92. The van der Waals surface area contributed by atoms with Crippen molar-refractivity contribution in [2.45, 2.75) is 13.0 Å². The lowest BCUT2D eigenvalue weighted by Crippen LogP contribution is -2.45. The van der Waals surface area contributed by atoms with E-state index >= 15 is 0 Å². The summed E-state index contributed by atoms with van der Waals surface area (Å²) < 4.78 is 10.2. The van der Waals surface area contributed by atoms with Gasteiger partial charge in [0.2, 0.25) is 0 Å². The zero-order chi connectivity index (χ0) is 17.1. The summed E-state index contributed by atoms with van der Waals surface area (Å²) in [7, 11) is 1.33. The topological polar surface area (TPSA) is 79.9 Å². The normalized spacial score (nSPS) is 21.2. The third-order valence-corrected chi connectivity index (χ3v) is 4.28. The van der Waals surface area contributed by atoms with Gasteiger partial charge in [-0.15, -0.1) is 0 Å². The van der Waals surface area contributed by atoms with E-state index in [0.29, 0.717) is 11.3 Å². The Labute approximate surface area is 140 Å². The second-order valence-electron chi connectivity index (χ2n) is 5.75. The monoisotopic (exact) mass is 331 g/mol. The molecule has 2 heterocycles. The highest BCUT2D eigenvalue weighted by Gasteiger charge is 2.31. The minimum atomic E-state index is -0.523. The molecule has 3 rings (SSSR count). The van der Waals surface area contributed by atoms with Crippen molar-refractivity contribution < 1.29 is 19.1 Å². The van der Waals surface area contributed by atoms with E-state index in [-0.39, 0.29) is 6.03 Å². The maximum Gasteiger partial charge on any atom is 0.337 e. The number of benzene rings is 1. The van der Waals surface area contributed by atoms with E-state index < -0.39 is 12.0 Å². The van der Waals surface area contributed by atoms with Crippen molar-refractivity contribution in [2.24, 2.45) is 0 Å². The van der Waals surface area contributed by atoms with E-state index in [1.54, 1.807) is 6.92 Å². The molecule has 0 spiro atoms. The first kappa shape index (κ1) is 16.3. The summed E-state index contributed by atoms with van der Waals surface area (Å²) in [6.07, 6.45) is 0. The third-order valence-electron chi connectivity index (χ3n) is 4.28. The minimum Gasteiger partial charge on any atom is -0.466 e. The predicted octanol–water partition coefficient (Wildman–Crippen LogP) is 1.32. The number of rotatable bonds is 3. The van der Waals surface area contributed by atoms with E-state index in [2.05, 4.69) is 15.5 Å². The van der Waals surface area contributed by atoms with Crippen LogP contribution in [0.15, 0.2) is 35.5 Å². The number of ether oxygens (including phenoxy) is 2. The van der Waals surface area contributed by atoms with Crippen LogP contribution < -0.4 is 15.5 Å². The number of methoxy groups -OCH3 is 1. The number of urea groups is 1. The van der Waals surface area contributed by atoms with Crippen LogP contribution in [0.3, 0.4) is 0 Å². The summed E-state index contributed by atoms with van der Waals surface area (Å²) in [5.74, 6) is -0.456. The van der Waals surface area contributed by atoms with Crippen molar-refractivity contribution in [2.75, 3.05) is 38.3 Å². The SMILES string of the molecule is COC(=O)C1=C(C)NC(=O)N[C@@H]1c1ccc(N2CCOCC2)cc1. The van der Waals surface area contributed by atoms with Gasteiger partial charge in [0.25, 0.3) is 0 Å². The molecule has 2 aliphatic heterocycles. The van der Waals surface area contributed by atoms with Gasteiger partial charge in [-0.25, -0.2) is 9.59 Å². The highest BCUT2D eigenvalue weighted by molar-refractivity contribution is 5.94. The molecule has 1 aromatic rings. The summed E-state index contributed by atoms with van der Waals surface area (Å²) >= 11 is 0. The molecule has 0 aliphatic carbocycles. The molecule has 7 heteroatoms. The lowest BCUT2D eigenvalue weighted by molar-refractivity contribution is -0.136. The molecule has 0 saturated carbocycles. The molecule has 0 radical (unpaired) electrons. The number of hydrogen-bond acceptors (Lipinski definition) is 5. The molecule has 0 unspecified atom stereocenters. The fraction of sp³-hybridized carbons (Fsp3) is 0.412. The first-order valence-electron chi connectivity index (χ1n) is 7.89. The Morgan fingerprint density at radius 1 is 1.25 bits per heavy atom. The van der Waals surface area contributed by atoms with Crippen LogP contribution in [-0.4, -0.2) is 45.4 Å². The van der Waals surface area contributed by atoms with Gasteiger partial charge < -0.3 is 25.0 Å². The Kier molecular flexibility index (Phi) is 4.71. The van der Waals surface area contributed by atoms with Crippen LogP contribution in [0.1, 0.15) is 18.5 Å². The molecule has 2 N–H and O–H groups in total. The van der Waals surface area contributed by atoms with E-state index in [0.717, 1.165) is 37.6 Å². The van der Waals surface area contributed by atoms with E-state index in [9.17, 15) is 9.59 Å². The van der Waals surface area contributed by atoms with Crippen LogP contribution in [0.4, 0.5) is 10.5 Å². The van der Waals surface area contributed by atoms with Crippen LogP contribution >= 0.6 is 0 Å². The average Bonchev–Trinajstić information content (AvgIpc) is 2.61. The Morgan fingerprint density at radius 2 is 1.92 bits per heavy atom. The lowest BCUT2D eigenvalue weighted by atomic mass is 9.95. The molecule has 24 heavy (non-hydrogen) atoms. The summed E-state index contributed by atoms with van der Waals surface area (Å²) in [6.45, 7) is 4.85. The maximum atomic E-state index is 12.1. The summed E-state index contributed by atoms with van der Waals surface area (Å²) in [5, 5.41) is 5.40. The van der Waals surface area contributed by atoms with Gasteiger partial charge in [-0.1, -0.05) is 12.1 Å². The molecule has 1 atom stereocenters. The molecule has 2 aliphatic rings. The number of nitrogens with zero attached hydrogens (tertiary/aromatic N) is 1. The van der Waals surface area contributed by atoms with Crippen LogP contribution in [0.25, 0.3) is 0 Å². The highest BCUT2D eigenvalue weighted by atomic mass is 16.5. The van der Waals surface area contributed by atoms with E-state index in [1.807, 2.05) is 24.3 Å². The predicted molar refractivity (Wildman–Crippen MR) is 88.6 cm³/mol. The van der Waals surface area contributed by atoms with Gasteiger partial charge in [0.15, 0.2) is 0 Å². The first-order chi connectivity index (χ1) is 11.6. The number of anilines is 1. The molecular weight excluding hydrogens is 310 g/mol. The molecule has 7 nitrogen and oxygen atoms in total. The van der Waals surface area contributed by atoms with Crippen molar-refractivity contribution in [3.63, 3.8) is 0 Å². The van der Waals surface area contributed by atoms with Crippen LogP contribution in [0.2, 0.25) is 0 Å². The Hall–Kier alpha value is -2.54. The Bertz CT molecular complexity index is 663. The number of amides is 2. The van der Waals surface area contributed by atoms with Gasteiger partial charge in [-0.3, -0.25) is 0 Å². The highest BCUT2D eigenvalue weighted by Crippen LogP contribution is 2.29. The summed E-state index contributed by atoms with van der Waals surface area (Å²) in [6, 6.07) is 7.00. The standard InChI is InChI=1S/C17H21N3O4/c1-11-14(16(21)23-2)15(19-17(22)18-11)12-3-5-13(6-4-12)20-7-9-24-10-8-20/h3-6,15H,7-10H2,1-2H3,(H2,18,19,22)/t15-/m1/s1. The molecule has 128 valence electrons. The molecule has 1 aromatic carbocycles. The number of morpholine rings is 1. The number of carbonyl (C=O) groups excluding carboxylic acids is 2. The lowest BCUT2D eigenvalue weighted by Gasteiger charge is -2.30. The maximum absolute atomic E-state index is 12.1. The second-order valence-corrected chi connectivity index (χ2v) is 5.75. The van der Waals surface area contributed by atoms with Gasteiger partial charge in [-0.05, 0) is 24.6 Å². The van der Waals surface area contributed by atoms with Crippen LogP contribution in [0, 0.1) is 0 Å². The quantitative estimate of drug-likeness (QED) is 0.817. The smallest absolute Gasteiger partial charge is 0.337 e. The van der Waals surface area contributed by atoms with E-state index in [1.165, 1.54) is 7.11 Å². The number of hydrogen-bond donors (Lipinski definition) is 2. The first-order valence-corrected chi connectivity index (χ1v) is 7.89. The molecular formula is C17H21N3O4. The molecule has 0 bridgehead atoms. The number of nitrogens with one attached hydrogen (secondary N) is 2. The van der Waals surface area contributed by atoms with Gasteiger partial charge in [-0.2, -0.15) is 0 Å². The molecule has 0 aromatic heterocycles. The molecule has 2 amide bonds. The Balaban J connectivity index is 1.87. The minimum absolute atomic E-state index is 0.331. The average molecular weight is 331 g/mol. The largest absolute Gasteiger partial charge is 0.466 e. The van der Waals surface area contributed by atoms with Gasteiger partial charge in [0.05, 0.1) is 31.9 Å². The van der Waals surface area contributed by atoms with Crippen molar-refractivity contribution in [1.29, 1.82) is 0 Å². The Morgan fingerprint density at radius 3 is 2.54 bits per heavy atom. The molecule has 1 fully saturated rings. The van der Waals surface area contributed by atoms with Crippen molar-refractivity contribution in [1.82, 2.24) is 10.6 Å². The zero-order valence-corrected chi connectivity index (χ0v) is 13.8. The van der Waals surface area contributed by atoms with Gasteiger partial charge in [0, 0.05) is 24.5 Å². The van der Waals surface area contributed by atoms with E-state index in [4.69, 9.17) is 9.47 Å². The summed E-state index contributed by atoms with van der Waals surface area (Å²) in [5.41, 5.74) is 2.85. The fourth-order valence-corrected chi connectivity index (χ4v) is 3.02. The van der Waals surface area contributed by atoms with Gasteiger partial charge >= 0.3 is 12.0 Å². The zero-order valence-electron chi connectivity index (χ0n) is 13.8. The van der Waals surface area contributed by atoms with Crippen LogP contribution in [0.5, 0.6) is 0 Å². The van der Waals surface area contributed by atoms with Crippen molar-refractivity contribution in [3.8, 4) is 0 Å². The van der Waals surface area contributed by atoms with Gasteiger partial charge in [0.1, 0.15) is 0 Å². The number of esters is 1.